The molecule has 1 aromatic rings. The molecular weight excluding hydrogens is 302 g/mol. The highest BCUT2D eigenvalue weighted by Gasteiger charge is 2.61. The van der Waals surface area contributed by atoms with Crippen molar-refractivity contribution in [1.29, 1.82) is 0 Å². The molecule has 4 rings (SSSR count). The summed E-state index contributed by atoms with van der Waals surface area (Å²) in [5.41, 5.74) is 3.31. The lowest BCUT2D eigenvalue weighted by Gasteiger charge is -2.37. The third-order valence-electron chi connectivity index (χ3n) is 5.61. The zero-order valence-electron chi connectivity index (χ0n) is 14.3. The average molecular weight is 325 g/mol. The molecule has 0 aliphatic carbocycles. The minimum absolute atomic E-state index is 0.00369. The van der Waals surface area contributed by atoms with E-state index in [9.17, 15) is 9.59 Å². The maximum atomic E-state index is 12.8. The fourth-order valence-corrected chi connectivity index (χ4v) is 4.44. The molecule has 5 heteroatoms. The predicted octanol–water partition coefficient (Wildman–Crippen LogP) is 2.15. The largest absolute Gasteiger partial charge is 0.364 e. The van der Waals surface area contributed by atoms with Crippen LogP contribution >= 0.6 is 0 Å². The number of benzene rings is 1. The Morgan fingerprint density at radius 2 is 2.04 bits per heavy atom. The zero-order chi connectivity index (χ0) is 17.1. The number of anilines is 1. The molecule has 3 aliphatic rings. The van der Waals surface area contributed by atoms with Gasteiger partial charge in [-0.2, -0.15) is 0 Å². The van der Waals surface area contributed by atoms with E-state index in [1.54, 1.807) is 11.8 Å². The van der Waals surface area contributed by atoms with Crippen LogP contribution in [0.3, 0.4) is 0 Å². The monoisotopic (exact) mass is 325 g/mol. The Hall–Kier alpha value is -2.30. The molecule has 0 spiro atoms. The number of hydrogen-bond acceptors (Lipinski definition) is 3. The summed E-state index contributed by atoms with van der Waals surface area (Å²) in [7, 11) is 0. The van der Waals surface area contributed by atoms with E-state index >= 15 is 0 Å². The number of nitrogens with zero attached hydrogens (tertiary/aromatic N) is 1. The van der Waals surface area contributed by atoms with E-state index in [0.717, 1.165) is 12.1 Å². The van der Waals surface area contributed by atoms with Crippen LogP contribution < -0.4 is 10.6 Å². The molecule has 3 heterocycles. The number of carbonyl (C=O) groups excluding carboxylic acids is 2. The van der Waals surface area contributed by atoms with Crippen LogP contribution in [0.15, 0.2) is 35.9 Å². The molecule has 0 aromatic heterocycles. The average Bonchev–Trinajstić information content (AvgIpc) is 3.02. The van der Waals surface area contributed by atoms with Gasteiger partial charge < -0.3 is 15.5 Å². The van der Waals surface area contributed by atoms with Gasteiger partial charge in [-0.15, -0.1) is 0 Å². The summed E-state index contributed by atoms with van der Waals surface area (Å²) < 4.78 is 0. The Kier molecular flexibility index (Phi) is 3.24. The van der Waals surface area contributed by atoms with Crippen LogP contribution in [-0.2, 0) is 15.0 Å². The first-order valence-corrected chi connectivity index (χ1v) is 8.56. The SMILES string of the molecule is CC(C)=CC[C@@]12C[C@H]3C(=O)N[C@H](C)C(=O)N3[C@@H]1Nc1ccccc12. The first-order chi connectivity index (χ1) is 11.4. The van der Waals surface area contributed by atoms with Gasteiger partial charge in [-0.3, -0.25) is 9.59 Å². The molecular formula is C19H23N3O2. The Balaban J connectivity index is 1.84. The molecule has 0 bridgehead atoms. The maximum absolute atomic E-state index is 12.8. The second-order valence-corrected chi connectivity index (χ2v) is 7.43. The number of allylic oxidation sites excluding steroid dienone is 2. The van der Waals surface area contributed by atoms with Crippen molar-refractivity contribution in [2.75, 3.05) is 5.32 Å². The van der Waals surface area contributed by atoms with Crippen LogP contribution in [0.1, 0.15) is 39.2 Å². The van der Waals surface area contributed by atoms with Crippen molar-refractivity contribution >= 4 is 17.5 Å². The molecule has 4 atom stereocenters. The lowest BCUT2D eigenvalue weighted by molar-refractivity contribution is -0.148. The zero-order valence-corrected chi connectivity index (χ0v) is 14.3. The highest BCUT2D eigenvalue weighted by atomic mass is 16.2. The third kappa shape index (κ3) is 1.93. The number of carbonyl (C=O) groups is 2. The second-order valence-electron chi connectivity index (χ2n) is 7.43. The highest BCUT2D eigenvalue weighted by molar-refractivity contribution is 5.98. The molecule has 1 aromatic carbocycles. The number of piperazine rings is 1. The number of hydrogen-bond donors (Lipinski definition) is 2. The Morgan fingerprint density at radius 1 is 1.29 bits per heavy atom. The van der Waals surface area contributed by atoms with Gasteiger partial charge in [0, 0.05) is 11.1 Å². The van der Waals surface area contributed by atoms with E-state index in [0.29, 0.717) is 6.42 Å². The molecule has 2 amide bonds. The number of fused-ring (bicyclic) bond motifs is 5. The minimum atomic E-state index is -0.460. The van der Waals surface area contributed by atoms with Crippen molar-refractivity contribution in [3.8, 4) is 0 Å². The number of amides is 2. The van der Waals surface area contributed by atoms with Crippen molar-refractivity contribution in [1.82, 2.24) is 10.2 Å². The first-order valence-electron chi connectivity index (χ1n) is 8.56. The van der Waals surface area contributed by atoms with Gasteiger partial charge in [0.05, 0.1) is 0 Å². The molecule has 3 aliphatic heterocycles. The quantitative estimate of drug-likeness (QED) is 0.819. The van der Waals surface area contributed by atoms with E-state index in [2.05, 4.69) is 42.7 Å². The second kappa shape index (κ2) is 5.10. The number of para-hydroxylation sites is 1. The lowest BCUT2D eigenvalue weighted by Crippen LogP contribution is -2.63. The molecule has 2 saturated heterocycles. The third-order valence-corrected chi connectivity index (χ3v) is 5.61. The van der Waals surface area contributed by atoms with Gasteiger partial charge in [-0.25, -0.2) is 0 Å². The van der Waals surface area contributed by atoms with Gasteiger partial charge in [0.2, 0.25) is 11.8 Å². The molecule has 0 radical (unpaired) electrons. The number of rotatable bonds is 2. The molecule has 0 unspecified atom stereocenters. The summed E-state index contributed by atoms with van der Waals surface area (Å²) in [5, 5.41) is 6.35. The Labute approximate surface area is 142 Å². The molecule has 126 valence electrons. The van der Waals surface area contributed by atoms with Crippen LogP contribution in [0.25, 0.3) is 0 Å². The standard InChI is InChI=1S/C19H23N3O2/c1-11(2)8-9-19-10-15-16(23)20-12(3)17(24)22(15)18(19)21-14-7-5-4-6-13(14)19/h4-8,12,15,18,21H,9-10H2,1-3H3,(H,20,23)/t12-,15+,18+,19+/m1/s1. The van der Waals surface area contributed by atoms with Gasteiger partial charge in [-0.05, 0) is 45.2 Å². The van der Waals surface area contributed by atoms with Gasteiger partial charge in [-0.1, -0.05) is 29.8 Å². The molecule has 24 heavy (non-hydrogen) atoms. The predicted molar refractivity (Wildman–Crippen MR) is 92.4 cm³/mol. The van der Waals surface area contributed by atoms with E-state index < -0.39 is 6.04 Å². The first kappa shape index (κ1) is 15.2. The van der Waals surface area contributed by atoms with Crippen molar-refractivity contribution in [3.05, 3.63) is 41.5 Å². The fourth-order valence-electron chi connectivity index (χ4n) is 4.44. The van der Waals surface area contributed by atoms with Crippen LogP contribution in [-0.4, -0.2) is 35.0 Å². The molecule has 5 nitrogen and oxygen atoms in total. The van der Waals surface area contributed by atoms with E-state index in [4.69, 9.17) is 0 Å². The molecule has 2 N–H and O–H groups in total. The van der Waals surface area contributed by atoms with Crippen LogP contribution in [0.5, 0.6) is 0 Å². The van der Waals surface area contributed by atoms with E-state index in [-0.39, 0.29) is 29.4 Å². The normalized spacial score (nSPS) is 33.3. The highest BCUT2D eigenvalue weighted by Crippen LogP contribution is 2.53. The van der Waals surface area contributed by atoms with Gasteiger partial charge >= 0.3 is 0 Å². The summed E-state index contributed by atoms with van der Waals surface area (Å²) in [5.74, 6) is -0.0312. The van der Waals surface area contributed by atoms with Gasteiger partial charge in [0.1, 0.15) is 18.2 Å². The van der Waals surface area contributed by atoms with Crippen LogP contribution in [0.2, 0.25) is 0 Å². The summed E-state index contributed by atoms with van der Waals surface area (Å²) >= 11 is 0. The van der Waals surface area contributed by atoms with Crippen molar-refractivity contribution in [2.24, 2.45) is 0 Å². The Morgan fingerprint density at radius 3 is 2.79 bits per heavy atom. The fraction of sp³-hybridized carbons (Fsp3) is 0.474. The summed E-state index contributed by atoms with van der Waals surface area (Å²) in [4.78, 5) is 27.1. The van der Waals surface area contributed by atoms with Crippen LogP contribution in [0, 0.1) is 0 Å². The van der Waals surface area contributed by atoms with Crippen molar-refractivity contribution < 1.29 is 9.59 Å². The van der Waals surface area contributed by atoms with E-state index in [1.165, 1.54) is 11.1 Å². The number of nitrogens with one attached hydrogen (secondary N) is 2. The smallest absolute Gasteiger partial charge is 0.247 e. The molecule has 0 saturated carbocycles. The van der Waals surface area contributed by atoms with Gasteiger partial charge in [0.15, 0.2) is 0 Å². The van der Waals surface area contributed by atoms with Crippen LogP contribution in [0.4, 0.5) is 5.69 Å². The van der Waals surface area contributed by atoms with Gasteiger partial charge in [0.25, 0.3) is 0 Å². The lowest BCUT2D eigenvalue weighted by atomic mass is 9.75. The molecule has 2 fully saturated rings. The topological polar surface area (TPSA) is 61.4 Å². The van der Waals surface area contributed by atoms with Crippen molar-refractivity contribution in [2.45, 2.75) is 57.3 Å². The Bertz CT molecular complexity index is 753. The summed E-state index contributed by atoms with van der Waals surface area (Å²) in [6, 6.07) is 7.39. The van der Waals surface area contributed by atoms with Crippen molar-refractivity contribution in [3.63, 3.8) is 0 Å². The summed E-state index contributed by atoms with van der Waals surface area (Å²) in [6.45, 7) is 5.93. The van der Waals surface area contributed by atoms with E-state index in [1.807, 2.05) is 12.1 Å². The summed E-state index contributed by atoms with van der Waals surface area (Å²) in [6.07, 6.45) is 3.56. The maximum Gasteiger partial charge on any atom is 0.247 e. The minimum Gasteiger partial charge on any atom is -0.364 e.